The van der Waals surface area contributed by atoms with Crippen molar-refractivity contribution in [3.8, 4) is 5.75 Å². The van der Waals surface area contributed by atoms with Gasteiger partial charge >= 0.3 is 0 Å². The van der Waals surface area contributed by atoms with Crippen LogP contribution < -0.4 is 10.1 Å². The van der Waals surface area contributed by atoms with Crippen molar-refractivity contribution in [2.45, 2.75) is 38.5 Å². The van der Waals surface area contributed by atoms with Crippen molar-refractivity contribution >= 4 is 33.8 Å². The first-order chi connectivity index (χ1) is 17.2. The number of rotatable bonds is 7. The van der Waals surface area contributed by atoms with E-state index in [-0.39, 0.29) is 28.8 Å². The zero-order chi connectivity index (χ0) is 25.9. The Labute approximate surface area is 212 Å². The highest BCUT2D eigenvalue weighted by atomic mass is 32.2. The Hall–Kier alpha value is -3.43. The number of hydrogen-bond donors (Lipinski definition) is 1. The fourth-order valence-corrected chi connectivity index (χ4v) is 6.08. The summed E-state index contributed by atoms with van der Waals surface area (Å²) in [5, 5.41) is 6.83. The molecule has 36 heavy (non-hydrogen) atoms. The van der Waals surface area contributed by atoms with Crippen LogP contribution in [0.3, 0.4) is 0 Å². The van der Waals surface area contributed by atoms with Crippen molar-refractivity contribution in [1.82, 2.24) is 9.46 Å². The average molecular weight is 510 g/mol. The summed E-state index contributed by atoms with van der Waals surface area (Å²) in [5.74, 6) is -0.00530. The molecule has 3 aromatic rings. The molecule has 4 rings (SSSR count). The largest absolute Gasteiger partial charge is 0.495 e. The Kier molecular flexibility index (Phi) is 7.61. The summed E-state index contributed by atoms with van der Waals surface area (Å²) < 4.78 is 39.4. The number of nitrogens with one attached hydrogen (secondary N) is 1. The number of aromatic nitrogens is 1. The Morgan fingerprint density at radius 2 is 1.83 bits per heavy atom. The Balaban J connectivity index is 1.54. The van der Waals surface area contributed by atoms with Crippen LogP contribution >= 0.6 is 0 Å². The van der Waals surface area contributed by atoms with Crippen molar-refractivity contribution in [1.29, 1.82) is 0 Å². The number of sulfonamides is 1. The summed E-state index contributed by atoms with van der Waals surface area (Å²) in [4.78, 5) is 13.1. The first-order valence-corrected chi connectivity index (χ1v) is 13.3. The van der Waals surface area contributed by atoms with Crippen LogP contribution in [-0.4, -0.2) is 44.0 Å². The van der Waals surface area contributed by atoms with Gasteiger partial charge in [-0.1, -0.05) is 47.1 Å². The Bertz CT molecular complexity index is 1380. The molecule has 0 bridgehead atoms. The van der Waals surface area contributed by atoms with Gasteiger partial charge < -0.3 is 14.6 Å². The van der Waals surface area contributed by atoms with Gasteiger partial charge in [-0.05, 0) is 62.9 Å². The summed E-state index contributed by atoms with van der Waals surface area (Å²) in [6.07, 6.45) is 4.58. The summed E-state index contributed by atoms with van der Waals surface area (Å²) in [6.45, 7) is 5.94. The smallest absolute Gasteiger partial charge is 0.248 e. The first kappa shape index (κ1) is 25.7. The number of anilines is 1. The maximum atomic E-state index is 13.7. The lowest BCUT2D eigenvalue weighted by atomic mass is 9.98. The normalized spacial score (nSPS) is 16.8. The number of hydrogen-bond acceptors (Lipinski definition) is 6. The van der Waals surface area contributed by atoms with Gasteiger partial charge in [0.25, 0.3) is 0 Å². The van der Waals surface area contributed by atoms with Gasteiger partial charge in [0.1, 0.15) is 11.4 Å². The molecule has 1 atom stereocenters. The third kappa shape index (κ3) is 5.52. The van der Waals surface area contributed by atoms with Crippen molar-refractivity contribution in [2.24, 2.45) is 5.92 Å². The van der Waals surface area contributed by atoms with E-state index in [0.717, 1.165) is 16.7 Å². The van der Waals surface area contributed by atoms with Gasteiger partial charge in [-0.3, -0.25) is 4.79 Å². The predicted molar refractivity (Wildman–Crippen MR) is 139 cm³/mol. The van der Waals surface area contributed by atoms with Gasteiger partial charge in [0.15, 0.2) is 10.7 Å². The van der Waals surface area contributed by atoms with E-state index in [4.69, 9.17) is 9.26 Å². The maximum absolute atomic E-state index is 13.7. The molecule has 0 saturated carbocycles. The third-order valence-electron chi connectivity index (χ3n) is 6.30. The molecule has 2 aromatic carbocycles. The summed E-state index contributed by atoms with van der Waals surface area (Å²) in [5.41, 5.74) is 3.89. The number of carbonyl (C=O) groups is 1. The van der Waals surface area contributed by atoms with Crippen molar-refractivity contribution in [3.63, 3.8) is 0 Å². The number of nitrogens with zero attached hydrogens (tertiary/aromatic N) is 2. The lowest BCUT2D eigenvalue weighted by Gasteiger charge is -2.31. The molecule has 1 aliphatic heterocycles. The van der Waals surface area contributed by atoms with Gasteiger partial charge in [-0.25, -0.2) is 8.42 Å². The number of ether oxygens (including phenoxy) is 1. The molecule has 1 aromatic heterocycles. The van der Waals surface area contributed by atoms with Crippen LogP contribution in [0.2, 0.25) is 0 Å². The Morgan fingerprint density at radius 1 is 1.11 bits per heavy atom. The highest BCUT2D eigenvalue weighted by Crippen LogP contribution is 2.31. The molecule has 9 heteroatoms. The molecule has 8 nitrogen and oxygen atoms in total. The number of benzene rings is 2. The molecule has 1 saturated heterocycles. The monoisotopic (exact) mass is 509 g/mol. The van der Waals surface area contributed by atoms with E-state index < -0.39 is 15.9 Å². The van der Waals surface area contributed by atoms with Crippen molar-refractivity contribution in [3.05, 3.63) is 70.6 Å². The standard InChI is InChI=1S/C27H31N3O5S/c1-18-7-10-21(11-8-18)12-14-25-26(20(3)29-35-25)36(32,33)30-15-5-6-22(17-30)27(31)28-23-16-19(2)9-13-24(23)34-4/h7-14,16,22H,5-6,15,17H2,1-4H3,(H,28,31)/b14-12+/t22-/m1/s1. The van der Waals surface area contributed by atoms with Gasteiger partial charge in [0, 0.05) is 13.1 Å². The first-order valence-electron chi connectivity index (χ1n) is 11.9. The van der Waals surface area contributed by atoms with Crippen LogP contribution in [0.25, 0.3) is 12.2 Å². The van der Waals surface area contributed by atoms with E-state index in [0.29, 0.717) is 30.8 Å². The second-order valence-corrected chi connectivity index (χ2v) is 11.0. The molecule has 0 radical (unpaired) electrons. The Morgan fingerprint density at radius 3 is 2.56 bits per heavy atom. The maximum Gasteiger partial charge on any atom is 0.248 e. The lowest BCUT2D eigenvalue weighted by molar-refractivity contribution is -0.120. The summed E-state index contributed by atoms with van der Waals surface area (Å²) >= 11 is 0. The minimum atomic E-state index is -3.93. The van der Waals surface area contributed by atoms with Crippen LogP contribution in [-0.2, 0) is 14.8 Å². The van der Waals surface area contributed by atoms with E-state index in [2.05, 4.69) is 10.5 Å². The van der Waals surface area contributed by atoms with E-state index >= 15 is 0 Å². The molecule has 0 unspecified atom stereocenters. The molecule has 190 valence electrons. The van der Waals surface area contributed by atoms with Crippen LogP contribution in [0.5, 0.6) is 5.75 Å². The highest BCUT2D eigenvalue weighted by molar-refractivity contribution is 7.89. The van der Waals surface area contributed by atoms with E-state index in [1.807, 2.05) is 50.2 Å². The fraction of sp³-hybridized carbons (Fsp3) is 0.333. The SMILES string of the molecule is COc1ccc(C)cc1NC(=O)[C@@H]1CCCN(S(=O)(=O)c2c(C)noc2/C=C/c2ccc(C)cc2)C1. The van der Waals surface area contributed by atoms with E-state index in [1.54, 1.807) is 32.3 Å². The molecule has 0 aliphatic carbocycles. The molecule has 1 aliphatic rings. The number of methoxy groups -OCH3 is 1. The van der Waals surface area contributed by atoms with Gasteiger partial charge in [-0.2, -0.15) is 4.31 Å². The van der Waals surface area contributed by atoms with Gasteiger partial charge in [0.2, 0.25) is 15.9 Å². The lowest BCUT2D eigenvalue weighted by Crippen LogP contribution is -2.44. The second-order valence-electron chi connectivity index (χ2n) is 9.10. The second kappa shape index (κ2) is 10.7. The van der Waals surface area contributed by atoms with E-state index in [1.165, 1.54) is 4.31 Å². The summed E-state index contributed by atoms with van der Waals surface area (Å²) in [7, 11) is -2.39. The van der Waals surface area contributed by atoms with Crippen molar-refractivity contribution in [2.75, 3.05) is 25.5 Å². The topological polar surface area (TPSA) is 102 Å². The van der Waals surface area contributed by atoms with Crippen LogP contribution in [0.4, 0.5) is 5.69 Å². The van der Waals surface area contributed by atoms with Crippen LogP contribution in [0, 0.1) is 26.7 Å². The molecule has 1 amide bonds. The highest BCUT2D eigenvalue weighted by Gasteiger charge is 2.37. The molecular weight excluding hydrogens is 478 g/mol. The predicted octanol–water partition coefficient (Wildman–Crippen LogP) is 4.82. The van der Waals surface area contributed by atoms with Crippen molar-refractivity contribution < 1.29 is 22.5 Å². The minimum absolute atomic E-state index is 0.0345. The summed E-state index contributed by atoms with van der Waals surface area (Å²) in [6, 6.07) is 13.4. The quantitative estimate of drug-likeness (QED) is 0.490. The number of aryl methyl sites for hydroxylation is 3. The average Bonchev–Trinajstić information content (AvgIpc) is 3.25. The minimum Gasteiger partial charge on any atom is -0.495 e. The molecule has 1 fully saturated rings. The van der Waals surface area contributed by atoms with Gasteiger partial charge in [-0.15, -0.1) is 0 Å². The zero-order valence-electron chi connectivity index (χ0n) is 20.9. The molecule has 2 heterocycles. The number of carbonyl (C=O) groups excluding carboxylic acids is 1. The third-order valence-corrected chi connectivity index (χ3v) is 8.33. The van der Waals surface area contributed by atoms with Crippen LogP contribution in [0.1, 0.15) is 41.0 Å². The van der Waals surface area contributed by atoms with Crippen LogP contribution in [0.15, 0.2) is 51.9 Å². The molecular formula is C27H31N3O5S. The molecule has 1 N–H and O–H groups in total. The fourth-order valence-electron chi connectivity index (χ4n) is 4.31. The number of piperidine rings is 1. The van der Waals surface area contributed by atoms with E-state index in [9.17, 15) is 13.2 Å². The zero-order valence-corrected chi connectivity index (χ0v) is 21.8. The molecule has 0 spiro atoms. The number of amides is 1. The van der Waals surface area contributed by atoms with Gasteiger partial charge in [0.05, 0.1) is 18.7 Å².